The fourth-order valence-corrected chi connectivity index (χ4v) is 5.92. The molecule has 2 aromatic carbocycles. The van der Waals surface area contributed by atoms with Crippen molar-refractivity contribution in [3.8, 4) is 22.3 Å². The van der Waals surface area contributed by atoms with Crippen molar-refractivity contribution in [3.63, 3.8) is 0 Å². The number of aromatic nitrogens is 1. The number of hydrogen-bond donors (Lipinski definition) is 2. The summed E-state index contributed by atoms with van der Waals surface area (Å²) in [5.74, 6) is 3.26. The van der Waals surface area contributed by atoms with E-state index in [9.17, 15) is 13.4 Å². The van der Waals surface area contributed by atoms with Crippen LogP contribution in [0.2, 0.25) is 0 Å². The van der Waals surface area contributed by atoms with Crippen LogP contribution in [0.5, 0.6) is 0 Å². The van der Waals surface area contributed by atoms with Crippen LogP contribution in [0.4, 0.5) is 10.2 Å². The number of anilines is 1. The SMILES string of the molecule is C=S(=O)(c1ccc(-c2cc(-c3ccc4c(c3)CCNC4=O)c(N)nc2F)cc1)C1CC1. The quantitative estimate of drug-likeness (QED) is 0.484. The van der Waals surface area contributed by atoms with Crippen molar-refractivity contribution < 1.29 is 13.4 Å². The number of benzene rings is 2. The van der Waals surface area contributed by atoms with Crippen molar-refractivity contribution in [1.29, 1.82) is 0 Å². The fourth-order valence-electron chi connectivity index (χ4n) is 4.04. The van der Waals surface area contributed by atoms with Crippen molar-refractivity contribution in [2.24, 2.45) is 0 Å². The van der Waals surface area contributed by atoms with Gasteiger partial charge in [-0.15, -0.1) is 0 Å². The zero-order chi connectivity index (χ0) is 21.8. The van der Waals surface area contributed by atoms with E-state index in [-0.39, 0.29) is 17.0 Å². The summed E-state index contributed by atoms with van der Waals surface area (Å²) in [6.07, 6.45) is 2.60. The maximum atomic E-state index is 14.7. The summed E-state index contributed by atoms with van der Waals surface area (Å²) in [7, 11) is -2.31. The van der Waals surface area contributed by atoms with E-state index in [4.69, 9.17) is 5.73 Å². The molecule has 1 saturated carbocycles. The number of hydrogen-bond acceptors (Lipinski definition) is 4. The lowest BCUT2D eigenvalue weighted by molar-refractivity contribution is 0.0946. The average Bonchev–Trinajstić information content (AvgIpc) is 3.60. The van der Waals surface area contributed by atoms with E-state index >= 15 is 0 Å². The third-order valence-electron chi connectivity index (χ3n) is 5.97. The van der Waals surface area contributed by atoms with Gasteiger partial charge < -0.3 is 11.1 Å². The zero-order valence-corrected chi connectivity index (χ0v) is 17.7. The zero-order valence-electron chi connectivity index (χ0n) is 16.9. The number of fused-ring (bicyclic) bond motifs is 1. The normalized spacial score (nSPS) is 17.5. The Balaban J connectivity index is 1.54. The number of carbonyl (C=O) groups is 1. The molecule has 2 aliphatic rings. The van der Waals surface area contributed by atoms with Gasteiger partial charge in [-0.2, -0.15) is 4.39 Å². The molecular formula is C24H22FN3O2S. The van der Waals surface area contributed by atoms with Gasteiger partial charge in [0.05, 0.1) is 0 Å². The van der Waals surface area contributed by atoms with Gasteiger partial charge in [0.25, 0.3) is 5.91 Å². The van der Waals surface area contributed by atoms with Crippen LogP contribution in [0.3, 0.4) is 0 Å². The topological polar surface area (TPSA) is 85.1 Å². The molecule has 7 heteroatoms. The first-order chi connectivity index (χ1) is 14.8. The van der Waals surface area contributed by atoms with Crippen LogP contribution in [-0.4, -0.2) is 32.8 Å². The highest BCUT2D eigenvalue weighted by Crippen LogP contribution is 2.36. The second-order valence-electron chi connectivity index (χ2n) is 8.09. The Morgan fingerprint density at radius 3 is 2.45 bits per heavy atom. The van der Waals surface area contributed by atoms with Crippen molar-refractivity contribution in [3.05, 3.63) is 65.6 Å². The van der Waals surface area contributed by atoms with Crippen molar-refractivity contribution in [2.75, 3.05) is 12.3 Å². The van der Waals surface area contributed by atoms with Gasteiger partial charge in [-0.05, 0) is 75.6 Å². The van der Waals surface area contributed by atoms with E-state index in [2.05, 4.69) is 16.2 Å². The third-order valence-corrected chi connectivity index (χ3v) is 8.59. The van der Waals surface area contributed by atoms with Gasteiger partial charge in [0.15, 0.2) is 0 Å². The predicted octanol–water partition coefficient (Wildman–Crippen LogP) is 3.66. The van der Waals surface area contributed by atoms with Crippen molar-refractivity contribution in [2.45, 2.75) is 29.4 Å². The molecule has 0 saturated heterocycles. The molecule has 5 rings (SSSR count). The minimum atomic E-state index is -2.31. The smallest absolute Gasteiger partial charge is 0.251 e. The molecule has 3 aromatic rings. The Morgan fingerprint density at radius 1 is 1.03 bits per heavy atom. The first-order valence-electron chi connectivity index (χ1n) is 10.2. The molecule has 0 radical (unpaired) electrons. The number of pyridine rings is 1. The molecule has 1 aromatic heterocycles. The summed E-state index contributed by atoms with van der Waals surface area (Å²) in [6.45, 7) is 0.584. The van der Waals surface area contributed by atoms with Crippen LogP contribution in [0.15, 0.2) is 53.4 Å². The molecule has 158 valence electrons. The van der Waals surface area contributed by atoms with Gasteiger partial charge in [0.2, 0.25) is 5.95 Å². The molecule has 3 N–H and O–H groups in total. The third kappa shape index (κ3) is 3.49. The molecule has 31 heavy (non-hydrogen) atoms. The molecule has 0 bridgehead atoms. The number of rotatable bonds is 4. The van der Waals surface area contributed by atoms with Crippen LogP contribution in [0.1, 0.15) is 28.8 Å². The molecular weight excluding hydrogens is 413 g/mol. The molecule has 0 spiro atoms. The van der Waals surface area contributed by atoms with Crippen molar-refractivity contribution in [1.82, 2.24) is 10.3 Å². The van der Waals surface area contributed by atoms with Gasteiger partial charge >= 0.3 is 0 Å². The Kier molecular flexibility index (Phi) is 4.59. The van der Waals surface area contributed by atoms with Crippen LogP contribution in [0.25, 0.3) is 22.3 Å². The summed E-state index contributed by atoms with van der Waals surface area (Å²) in [5.41, 5.74) is 9.95. The van der Waals surface area contributed by atoms with Gasteiger partial charge in [-0.1, -0.05) is 24.3 Å². The van der Waals surface area contributed by atoms with Crippen LogP contribution in [0, 0.1) is 5.95 Å². The van der Waals surface area contributed by atoms with E-state index in [0.29, 0.717) is 33.7 Å². The van der Waals surface area contributed by atoms with E-state index in [0.717, 1.165) is 30.4 Å². The summed E-state index contributed by atoms with van der Waals surface area (Å²) < 4.78 is 27.6. The maximum absolute atomic E-state index is 14.7. The number of nitrogens with two attached hydrogens (primary N) is 1. The lowest BCUT2D eigenvalue weighted by Gasteiger charge is -2.18. The Morgan fingerprint density at radius 2 is 1.74 bits per heavy atom. The Bertz CT molecular complexity index is 1310. The molecule has 2 heterocycles. The number of amides is 1. The van der Waals surface area contributed by atoms with E-state index in [1.54, 1.807) is 42.5 Å². The van der Waals surface area contributed by atoms with Crippen molar-refractivity contribution >= 4 is 27.1 Å². The fraction of sp³-hybridized carbons (Fsp3) is 0.208. The maximum Gasteiger partial charge on any atom is 0.251 e. The average molecular weight is 436 g/mol. The number of carbonyl (C=O) groups excluding carboxylic acids is 1. The number of nitrogen functional groups attached to an aromatic ring is 1. The number of halogens is 1. The largest absolute Gasteiger partial charge is 0.383 e. The predicted molar refractivity (Wildman–Crippen MR) is 122 cm³/mol. The molecule has 1 aliphatic carbocycles. The minimum absolute atomic E-state index is 0.0904. The van der Waals surface area contributed by atoms with Crippen LogP contribution < -0.4 is 11.1 Å². The molecule has 5 nitrogen and oxygen atoms in total. The second kappa shape index (κ2) is 7.20. The molecule has 1 unspecified atom stereocenters. The first kappa shape index (κ1) is 19.8. The first-order valence-corrected chi connectivity index (χ1v) is 12.0. The molecule has 1 fully saturated rings. The lowest BCUT2D eigenvalue weighted by Crippen LogP contribution is -2.31. The Labute approximate surface area is 180 Å². The number of nitrogens with zero attached hydrogens (tertiary/aromatic N) is 1. The highest BCUT2D eigenvalue weighted by molar-refractivity contribution is 8.01. The molecule has 1 atom stereocenters. The van der Waals surface area contributed by atoms with E-state index < -0.39 is 15.5 Å². The van der Waals surface area contributed by atoms with Crippen LogP contribution >= 0.6 is 0 Å². The molecule has 1 amide bonds. The number of nitrogens with one attached hydrogen (secondary N) is 1. The van der Waals surface area contributed by atoms with Gasteiger partial charge in [0, 0.05) is 33.4 Å². The van der Waals surface area contributed by atoms with Gasteiger partial charge in [-0.25, -0.2) is 4.98 Å². The summed E-state index contributed by atoms with van der Waals surface area (Å²) >= 11 is 0. The lowest BCUT2D eigenvalue weighted by atomic mass is 9.94. The summed E-state index contributed by atoms with van der Waals surface area (Å²) in [5, 5.41) is 2.97. The molecule has 1 aliphatic heterocycles. The highest BCUT2D eigenvalue weighted by Gasteiger charge is 2.31. The van der Waals surface area contributed by atoms with Gasteiger partial charge in [-0.3, -0.25) is 9.00 Å². The van der Waals surface area contributed by atoms with Crippen LogP contribution in [-0.2, 0) is 15.9 Å². The standard InChI is InChI=1S/C24H22FN3O2S/c1-31(30,18-7-8-18)17-5-2-14(3-6-17)20-13-21(23(26)28-22(20)25)15-4-9-19-16(12-15)10-11-27-24(19)29/h2-6,9,12-13,18H,1,7-8,10-11H2,(H2,26,28)(H,27,29). The minimum Gasteiger partial charge on any atom is -0.383 e. The Hall–Kier alpha value is -3.19. The second-order valence-corrected chi connectivity index (χ2v) is 10.7. The van der Waals surface area contributed by atoms with E-state index in [1.165, 1.54) is 0 Å². The van der Waals surface area contributed by atoms with E-state index in [1.807, 2.05) is 6.07 Å². The van der Waals surface area contributed by atoms with Gasteiger partial charge in [0.1, 0.15) is 5.82 Å². The monoisotopic (exact) mass is 435 g/mol. The summed E-state index contributed by atoms with van der Waals surface area (Å²) in [6, 6.07) is 14.2. The summed E-state index contributed by atoms with van der Waals surface area (Å²) in [4.78, 5) is 16.6. The highest BCUT2D eigenvalue weighted by atomic mass is 32.2.